The van der Waals surface area contributed by atoms with Crippen molar-refractivity contribution >= 4 is 5.91 Å². The van der Waals surface area contributed by atoms with Crippen molar-refractivity contribution in [2.75, 3.05) is 6.54 Å². The van der Waals surface area contributed by atoms with E-state index in [2.05, 4.69) is 10.6 Å². The van der Waals surface area contributed by atoms with E-state index in [4.69, 9.17) is 0 Å². The Kier molecular flexibility index (Phi) is 4.91. The zero-order valence-electron chi connectivity index (χ0n) is 11.3. The lowest BCUT2D eigenvalue weighted by Crippen LogP contribution is -2.27. The first-order chi connectivity index (χ1) is 9.16. The van der Waals surface area contributed by atoms with Gasteiger partial charge in [0.05, 0.1) is 0 Å². The largest absolute Gasteiger partial charge is 0.353 e. The second-order valence-corrected chi connectivity index (χ2v) is 5.14. The highest BCUT2D eigenvalue weighted by Crippen LogP contribution is 2.19. The van der Waals surface area contributed by atoms with Crippen LogP contribution in [0, 0.1) is 5.82 Å². The van der Waals surface area contributed by atoms with Crippen LogP contribution in [0.15, 0.2) is 24.3 Å². The Morgan fingerprint density at radius 1 is 1.42 bits per heavy atom. The lowest BCUT2D eigenvalue weighted by atomic mass is 10.1. The van der Waals surface area contributed by atoms with Gasteiger partial charge in [-0.1, -0.05) is 18.2 Å². The average molecular weight is 264 g/mol. The maximum absolute atomic E-state index is 13.5. The van der Waals surface area contributed by atoms with Crippen molar-refractivity contribution < 1.29 is 9.18 Å². The van der Waals surface area contributed by atoms with Gasteiger partial charge in [-0.3, -0.25) is 4.79 Å². The van der Waals surface area contributed by atoms with Crippen LogP contribution in [0.2, 0.25) is 0 Å². The van der Waals surface area contributed by atoms with Crippen LogP contribution in [-0.2, 0) is 4.79 Å². The fourth-order valence-corrected chi connectivity index (χ4v) is 2.03. The first-order valence-electron chi connectivity index (χ1n) is 6.94. The van der Waals surface area contributed by atoms with Gasteiger partial charge in [-0.05, 0) is 38.8 Å². The molecular weight excluding hydrogens is 243 g/mol. The van der Waals surface area contributed by atoms with E-state index in [1.165, 1.54) is 6.07 Å². The maximum atomic E-state index is 13.5. The zero-order chi connectivity index (χ0) is 13.7. The van der Waals surface area contributed by atoms with E-state index >= 15 is 0 Å². The van der Waals surface area contributed by atoms with Crippen molar-refractivity contribution in [3.63, 3.8) is 0 Å². The summed E-state index contributed by atoms with van der Waals surface area (Å²) in [5.74, 6) is -0.0585. The fraction of sp³-hybridized carbons (Fsp3) is 0.533. The summed E-state index contributed by atoms with van der Waals surface area (Å²) in [5.41, 5.74) is 0.671. The number of amides is 1. The average Bonchev–Trinajstić information content (AvgIpc) is 3.19. The number of nitrogens with one attached hydrogen (secondary N) is 2. The molecule has 1 aliphatic rings. The molecule has 1 saturated carbocycles. The summed E-state index contributed by atoms with van der Waals surface area (Å²) in [4.78, 5) is 11.5. The lowest BCUT2D eigenvalue weighted by molar-refractivity contribution is -0.121. The number of rotatable bonds is 7. The minimum Gasteiger partial charge on any atom is -0.353 e. The molecule has 0 aliphatic heterocycles. The minimum absolute atomic E-state index is 0.0345. The third kappa shape index (κ3) is 4.63. The van der Waals surface area contributed by atoms with Crippen molar-refractivity contribution in [3.8, 4) is 0 Å². The van der Waals surface area contributed by atoms with E-state index in [1.54, 1.807) is 12.1 Å². The quantitative estimate of drug-likeness (QED) is 0.743. The van der Waals surface area contributed by atoms with Gasteiger partial charge in [0.1, 0.15) is 5.82 Å². The van der Waals surface area contributed by atoms with Gasteiger partial charge in [0.15, 0.2) is 0 Å². The standard InChI is InChI=1S/C15H21FN2O/c1-11(13-5-2-3-6-14(13)16)17-10-4-7-15(19)18-12-8-9-12/h2-3,5-6,11-12,17H,4,7-10H2,1H3,(H,18,19). The molecule has 1 amide bonds. The number of carbonyl (C=O) groups is 1. The molecule has 0 bridgehead atoms. The predicted octanol–water partition coefficient (Wildman–Crippen LogP) is 2.54. The van der Waals surface area contributed by atoms with Crippen molar-refractivity contribution in [1.82, 2.24) is 10.6 Å². The number of carbonyl (C=O) groups excluding carboxylic acids is 1. The molecule has 4 heteroatoms. The van der Waals surface area contributed by atoms with Crippen LogP contribution in [0.25, 0.3) is 0 Å². The Morgan fingerprint density at radius 3 is 2.84 bits per heavy atom. The van der Waals surface area contributed by atoms with Gasteiger partial charge in [0.25, 0.3) is 0 Å². The first kappa shape index (κ1) is 14.0. The van der Waals surface area contributed by atoms with Crippen LogP contribution in [0.1, 0.15) is 44.2 Å². The predicted molar refractivity (Wildman–Crippen MR) is 73.2 cm³/mol. The van der Waals surface area contributed by atoms with Gasteiger partial charge < -0.3 is 10.6 Å². The summed E-state index contributed by atoms with van der Waals surface area (Å²) in [6.45, 7) is 2.65. The Balaban J connectivity index is 1.64. The SMILES string of the molecule is CC(NCCCC(=O)NC1CC1)c1ccccc1F. The topological polar surface area (TPSA) is 41.1 Å². The Morgan fingerprint density at radius 2 is 2.16 bits per heavy atom. The molecule has 0 aromatic heterocycles. The van der Waals surface area contributed by atoms with Gasteiger partial charge in [-0.15, -0.1) is 0 Å². The van der Waals surface area contributed by atoms with Crippen molar-refractivity contribution in [2.45, 2.75) is 44.7 Å². The second-order valence-electron chi connectivity index (χ2n) is 5.14. The monoisotopic (exact) mass is 264 g/mol. The van der Waals surface area contributed by atoms with E-state index < -0.39 is 0 Å². The van der Waals surface area contributed by atoms with Crippen LogP contribution in [0.3, 0.4) is 0 Å². The van der Waals surface area contributed by atoms with E-state index in [0.717, 1.165) is 19.3 Å². The second kappa shape index (κ2) is 6.66. The summed E-state index contributed by atoms with van der Waals surface area (Å²) in [7, 11) is 0. The van der Waals surface area contributed by atoms with E-state index in [0.29, 0.717) is 24.6 Å². The molecule has 0 radical (unpaired) electrons. The van der Waals surface area contributed by atoms with Crippen LogP contribution in [0.4, 0.5) is 4.39 Å². The van der Waals surface area contributed by atoms with Crippen LogP contribution in [-0.4, -0.2) is 18.5 Å². The fourth-order valence-electron chi connectivity index (χ4n) is 2.03. The smallest absolute Gasteiger partial charge is 0.220 e. The molecule has 0 saturated heterocycles. The van der Waals surface area contributed by atoms with E-state index in [-0.39, 0.29) is 17.8 Å². The van der Waals surface area contributed by atoms with Crippen LogP contribution < -0.4 is 10.6 Å². The van der Waals surface area contributed by atoms with Gasteiger partial charge in [-0.2, -0.15) is 0 Å². The first-order valence-corrected chi connectivity index (χ1v) is 6.94. The molecule has 1 aromatic rings. The summed E-state index contributed by atoms with van der Waals surface area (Å²) >= 11 is 0. The van der Waals surface area contributed by atoms with Crippen molar-refractivity contribution in [2.24, 2.45) is 0 Å². The molecule has 0 heterocycles. The number of hydrogen-bond acceptors (Lipinski definition) is 2. The van der Waals surface area contributed by atoms with Crippen LogP contribution >= 0.6 is 0 Å². The lowest BCUT2D eigenvalue weighted by Gasteiger charge is -2.14. The molecule has 1 aliphatic carbocycles. The Bertz CT molecular complexity index is 432. The van der Waals surface area contributed by atoms with E-state index in [9.17, 15) is 9.18 Å². The van der Waals surface area contributed by atoms with Gasteiger partial charge >= 0.3 is 0 Å². The summed E-state index contributed by atoms with van der Waals surface area (Å²) in [6, 6.07) is 7.17. The zero-order valence-corrected chi connectivity index (χ0v) is 11.3. The van der Waals surface area contributed by atoms with Crippen molar-refractivity contribution in [1.29, 1.82) is 0 Å². The third-order valence-electron chi connectivity index (χ3n) is 3.35. The van der Waals surface area contributed by atoms with Gasteiger partial charge in [0.2, 0.25) is 5.91 Å². The Hall–Kier alpha value is -1.42. The highest BCUT2D eigenvalue weighted by molar-refractivity contribution is 5.76. The molecule has 2 rings (SSSR count). The number of benzene rings is 1. The molecule has 1 fully saturated rings. The summed E-state index contributed by atoms with van der Waals surface area (Å²) in [5, 5.41) is 6.20. The van der Waals surface area contributed by atoms with Gasteiger partial charge in [0, 0.05) is 24.1 Å². The maximum Gasteiger partial charge on any atom is 0.220 e. The highest BCUT2D eigenvalue weighted by atomic mass is 19.1. The third-order valence-corrected chi connectivity index (χ3v) is 3.35. The summed E-state index contributed by atoms with van der Waals surface area (Å²) in [6.07, 6.45) is 3.55. The molecular formula is C15H21FN2O. The molecule has 19 heavy (non-hydrogen) atoms. The normalized spacial score (nSPS) is 16.1. The van der Waals surface area contributed by atoms with Gasteiger partial charge in [-0.25, -0.2) is 4.39 Å². The van der Waals surface area contributed by atoms with E-state index in [1.807, 2.05) is 13.0 Å². The molecule has 0 spiro atoms. The molecule has 3 nitrogen and oxygen atoms in total. The molecule has 1 atom stereocenters. The molecule has 1 aromatic carbocycles. The molecule has 104 valence electrons. The molecule has 1 unspecified atom stereocenters. The number of halogens is 1. The number of hydrogen-bond donors (Lipinski definition) is 2. The minimum atomic E-state index is -0.186. The summed E-state index contributed by atoms with van der Waals surface area (Å²) < 4.78 is 13.5. The Labute approximate surface area is 113 Å². The van der Waals surface area contributed by atoms with Crippen molar-refractivity contribution in [3.05, 3.63) is 35.6 Å². The van der Waals surface area contributed by atoms with Crippen LogP contribution in [0.5, 0.6) is 0 Å². The molecule has 2 N–H and O–H groups in total. The highest BCUT2D eigenvalue weighted by Gasteiger charge is 2.22.